The minimum Gasteiger partial charge on any atom is -0.309 e. The first kappa shape index (κ1) is 15.0. The summed E-state index contributed by atoms with van der Waals surface area (Å²) in [5.74, 6) is -1.77. The fourth-order valence-electron chi connectivity index (χ4n) is 1.49. The van der Waals surface area contributed by atoms with Gasteiger partial charge in [0.1, 0.15) is 0 Å². The minimum atomic E-state index is -3.23. The van der Waals surface area contributed by atoms with Crippen molar-refractivity contribution in [2.75, 3.05) is 19.3 Å². The molecule has 2 N–H and O–H groups in total. The van der Waals surface area contributed by atoms with Gasteiger partial charge >= 0.3 is 0 Å². The number of halogens is 2. The molecule has 1 atom stereocenters. The van der Waals surface area contributed by atoms with E-state index in [9.17, 15) is 17.2 Å². The van der Waals surface area contributed by atoms with Crippen molar-refractivity contribution in [3.63, 3.8) is 0 Å². The highest BCUT2D eigenvalue weighted by Crippen LogP contribution is 2.18. The molecule has 4 nitrogen and oxygen atoms in total. The Bertz CT molecular complexity index is 506. The summed E-state index contributed by atoms with van der Waals surface area (Å²) in [6.07, 6.45) is 1.06. The van der Waals surface area contributed by atoms with E-state index in [0.29, 0.717) is 6.54 Å². The largest absolute Gasteiger partial charge is 0.309 e. The number of nitrogens with one attached hydrogen (secondary N) is 2. The molecule has 0 fully saturated rings. The first-order valence-electron chi connectivity index (χ1n) is 5.43. The van der Waals surface area contributed by atoms with Crippen molar-refractivity contribution in [1.82, 2.24) is 10.0 Å². The third kappa shape index (κ3) is 4.67. The van der Waals surface area contributed by atoms with Gasteiger partial charge < -0.3 is 5.32 Å². The van der Waals surface area contributed by atoms with Crippen LogP contribution >= 0.6 is 0 Å². The molecule has 7 heteroatoms. The van der Waals surface area contributed by atoms with Gasteiger partial charge in [0.25, 0.3) is 0 Å². The van der Waals surface area contributed by atoms with Gasteiger partial charge in [0, 0.05) is 24.7 Å². The highest BCUT2D eigenvalue weighted by Gasteiger charge is 2.13. The first-order chi connectivity index (χ1) is 8.31. The van der Waals surface area contributed by atoms with Crippen LogP contribution in [0.4, 0.5) is 8.78 Å². The van der Waals surface area contributed by atoms with Crippen LogP contribution in [0.1, 0.15) is 18.5 Å². The number of hydrogen-bond donors (Lipinski definition) is 2. The molecule has 0 spiro atoms. The molecule has 0 saturated carbocycles. The molecule has 0 amide bonds. The molecule has 1 aromatic carbocycles. The van der Waals surface area contributed by atoms with E-state index in [-0.39, 0.29) is 12.1 Å². The molecule has 0 heterocycles. The van der Waals surface area contributed by atoms with Crippen LogP contribution in [0, 0.1) is 11.6 Å². The van der Waals surface area contributed by atoms with Gasteiger partial charge in [0.2, 0.25) is 10.0 Å². The average Bonchev–Trinajstić information content (AvgIpc) is 2.26. The van der Waals surface area contributed by atoms with Crippen molar-refractivity contribution >= 4 is 10.0 Å². The van der Waals surface area contributed by atoms with Crippen LogP contribution in [0.25, 0.3) is 0 Å². The number of benzene rings is 1. The van der Waals surface area contributed by atoms with Crippen molar-refractivity contribution < 1.29 is 17.2 Å². The Balaban J connectivity index is 2.51. The van der Waals surface area contributed by atoms with Crippen LogP contribution in [0.3, 0.4) is 0 Å². The van der Waals surface area contributed by atoms with Gasteiger partial charge in [-0.2, -0.15) is 0 Å². The van der Waals surface area contributed by atoms with Gasteiger partial charge in [0.05, 0.1) is 6.26 Å². The van der Waals surface area contributed by atoms with E-state index >= 15 is 0 Å². The summed E-state index contributed by atoms with van der Waals surface area (Å²) in [6, 6.07) is 3.57. The lowest BCUT2D eigenvalue weighted by Crippen LogP contribution is -2.32. The van der Waals surface area contributed by atoms with Crippen molar-refractivity contribution in [2.24, 2.45) is 0 Å². The van der Waals surface area contributed by atoms with Crippen molar-refractivity contribution in [3.05, 3.63) is 35.4 Å². The molecule has 1 aromatic rings. The Morgan fingerprint density at radius 1 is 1.28 bits per heavy atom. The molecule has 0 aliphatic heterocycles. The SMILES string of the molecule is CC(NCCNS(C)(=O)=O)c1cccc(F)c1F. The zero-order chi connectivity index (χ0) is 13.8. The minimum absolute atomic E-state index is 0.195. The van der Waals surface area contributed by atoms with Gasteiger partial charge in [-0.1, -0.05) is 12.1 Å². The predicted octanol–water partition coefficient (Wildman–Crippen LogP) is 1.16. The first-order valence-corrected chi connectivity index (χ1v) is 7.32. The smallest absolute Gasteiger partial charge is 0.208 e. The lowest BCUT2D eigenvalue weighted by molar-refractivity contribution is 0.473. The summed E-state index contributed by atoms with van der Waals surface area (Å²) >= 11 is 0. The fraction of sp³-hybridized carbons (Fsp3) is 0.455. The summed E-state index contributed by atoms with van der Waals surface area (Å²) in [5.41, 5.74) is 0.217. The Kier molecular flexibility index (Phi) is 5.18. The Labute approximate surface area is 105 Å². The molecule has 0 saturated heterocycles. The molecule has 1 unspecified atom stereocenters. The van der Waals surface area contributed by atoms with Gasteiger partial charge in [-0.15, -0.1) is 0 Å². The van der Waals surface area contributed by atoms with Gasteiger partial charge in [0.15, 0.2) is 11.6 Å². The summed E-state index contributed by atoms with van der Waals surface area (Å²) < 4.78 is 50.3. The molecular formula is C11H16F2N2O2S. The standard InChI is InChI=1S/C11H16F2N2O2S/c1-8(14-6-7-15-18(2,16)17)9-4-3-5-10(12)11(9)13/h3-5,8,14-15H,6-7H2,1-2H3. The van der Waals surface area contributed by atoms with E-state index < -0.39 is 27.7 Å². The molecule has 0 aliphatic carbocycles. The molecule has 102 valence electrons. The zero-order valence-corrected chi connectivity index (χ0v) is 11.0. The van der Waals surface area contributed by atoms with Gasteiger partial charge in [-0.25, -0.2) is 21.9 Å². The van der Waals surface area contributed by atoms with E-state index in [4.69, 9.17) is 0 Å². The predicted molar refractivity (Wildman–Crippen MR) is 65.6 cm³/mol. The van der Waals surface area contributed by atoms with Crippen molar-refractivity contribution in [1.29, 1.82) is 0 Å². The molecular weight excluding hydrogens is 262 g/mol. The van der Waals surface area contributed by atoms with Crippen LogP contribution in [-0.2, 0) is 10.0 Å². The van der Waals surface area contributed by atoms with Gasteiger partial charge in [-0.3, -0.25) is 0 Å². The van der Waals surface area contributed by atoms with Gasteiger partial charge in [-0.05, 0) is 13.0 Å². The summed E-state index contributed by atoms with van der Waals surface area (Å²) in [7, 11) is -3.23. The quantitative estimate of drug-likeness (QED) is 0.768. The normalized spacial score (nSPS) is 13.6. The van der Waals surface area contributed by atoms with Crippen LogP contribution < -0.4 is 10.0 Å². The highest BCUT2D eigenvalue weighted by atomic mass is 32.2. The van der Waals surface area contributed by atoms with Crippen LogP contribution in [0.5, 0.6) is 0 Å². The summed E-state index contributed by atoms with van der Waals surface area (Å²) in [4.78, 5) is 0. The maximum atomic E-state index is 13.4. The molecule has 0 aliphatic rings. The second-order valence-corrected chi connectivity index (χ2v) is 5.82. The Hall–Kier alpha value is -1.05. The van der Waals surface area contributed by atoms with E-state index in [0.717, 1.165) is 12.3 Å². The number of sulfonamides is 1. The second kappa shape index (κ2) is 6.21. The highest BCUT2D eigenvalue weighted by molar-refractivity contribution is 7.88. The van der Waals surface area contributed by atoms with Crippen LogP contribution in [0.15, 0.2) is 18.2 Å². The lowest BCUT2D eigenvalue weighted by atomic mass is 10.1. The van der Waals surface area contributed by atoms with Crippen LogP contribution in [0.2, 0.25) is 0 Å². The lowest BCUT2D eigenvalue weighted by Gasteiger charge is -2.15. The van der Waals surface area contributed by atoms with E-state index in [2.05, 4.69) is 10.0 Å². The number of hydrogen-bond acceptors (Lipinski definition) is 3. The molecule has 0 radical (unpaired) electrons. The van der Waals surface area contributed by atoms with E-state index in [1.807, 2.05) is 0 Å². The molecule has 0 aromatic heterocycles. The van der Waals surface area contributed by atoms with Crippen molar-refractivity contribution in [3.8, 4) is 0 Å². The monoisotopic (exact) mass is 278 g/mol. The Morgan fingerprint density at radius 3 is 2.56 bits per heavy atom. The summed E-state index contributed by atoms with van der Waals surface area (Å²) in [5, 5.41) is 2.91. The second-order valence-electron chi connectivity index (χ2n) is 3.99. The van der Waals surface area contributed by atoms with Crippen LogP contribution in [-0.4, -0.2) is 27.8 Å². The Morgan fingerprint density at radius 2 is 1.94 bits per heavy atom. The maximum absolute atomic E-state index is 13.4. The zero-order valence-electron chi connectivity index (χ0n) is 10.2. The summed E-state index contributed by atoms with van der Waals surface area (Å²) in [6.45, 7) is 2.20. The third-order valence-electron chi connectivity index (χ3n) is 2.39. The third-order valence-corrected chi connectivity index (χ3v) is 3.12. The number of rotatable bonds is 6. The van der Waals surface area contributed by atoms with E-state index in [1.54, 1.807) is 6.92 Å². The molecule has 1 rings (SSSR count). The van der Waals surface area contributed by atoms with Crippen molar-refractivity contribution in [2.45, 2.75) is 13.0 Å². The fourth-order valence-corrected chi connectivity index (χ4v) is 1.96. The average molecular weight is 278 g/mol. The van der Waals surface area contributed by atoms with E-state index in [1.165, 1.54) is 12.1 Å². The molecule has 0 bridgehead atoms. The maximum Gasteiger partial charge on any atom is 0.208 e. The topological polar surface area (TPSA) is 58.2 Å². The molecule has 18 heavy (non-hydrogen) atoms.